The number of nitrogens with one attached hydrogen (secondary N) is 1. The van der Waals surface area contributed by atoms with Gasteiger partial charge in [-0.2, -0.15) is 0 Å². The van der Waals surface area contributed by atoms with E-state index in [1.807, 2.05) is 16.7 Å². The Morgan fingerprint density at radius 3 is 2.90 bits per heavy atom. The summed E-state index contributed by atoms with van der Waals surface area (Å²) < 4.78 is 27.8. The van der Waals surface area contributed by atoms with E-state index in [0.717, 1.165) is 36.3 Å². The van der Waals surface area contributed by atoms with Crippen molar-refractivity contribution in [3.63, 3.8) is 0 Å². The number of hydrogen-bond donors (Lipinski definition) is 1. The minimum Gasteiger partial charge on any atom is -0.345 e. The molecule has 0 bridgehead atoms. The molecule has 1 aliphatic carbocycles. The van der Waals surface area contributed by atoms with Gasteiger partial charge in [0.15, 0.2) is 21.1 Å². The van der Waals surface area contributed by atoms with Crippen LogP contribution in [0.15, 0.2) is 41.6 Å². The number of aromatic amines is 1. The fourth-order valence-electron chi connectivity index (χ4n) is 4.24. The van der Waals surface area contributed by atoms with E-state index >= 15 is 0 Å². The first-order chi connectivity index (χ1) is 13.9. The molecule has 1 aliphatic rings. The molecular weight excluding hydrogens is 433 g/mol. The van der Waals surface area contributed by atoms with Crippen LogP contribution in [0, 0.1) is 5.92 Å². The van der Waals surface area contributed by atoms with Crippen LogP contribution in [0.5, 0.6) is 0 Å². The number of aromatic nitrogens is 5. The molecule has 0 aliphatic heterocycles. The van der Waals surface area contributed by atoms with Gasteiger partial charge in [0.05, 0.1) is 27.4 Å². The molecular formula is C19H17Cl2N5O2S. The van der Waals surface area contributed by atoms with Crippen LogP contribution in [-0.2, 0) is 9.84 Å². The molecule has 0 spiro atoms. The summed E-state index contributed by atoms with van der Waals surface area (Å²) in [5, 5.41) is 9.20. The van der Waals surface area contributed by atoms with Gasteiger partial charge in [0, 0.05) is 17.1 Å². The Labute approximate surface area is 177 Å². The van der Waals surface area contributed by atoms with Gasteiger partial charge in [0.2, 0.25) is 0 Å². The highest BCUT2D eigenvalue weighted by Gasteiger charge is 2.33. The normalized spacial score (nSPS) is 20.1. The Morgan fingerprint density at radius 1 is 1.17 bits per heavy atom. The van der Waals surface area contributed by atoms with E-state index in [1.165, 1.54) is 12.1 Å². The van der Waals surface area contributed by atoms with Crippen molar-refractivity contribution in [2.24, 2.45) is 5.92 Å². The second-order valence-electron chi connectivity index (χ2n) is 7.45. The maximum atomic E-state index is 12.9. The zero-order chi connectivity index (χ0) is 20.2. The predicted octanol–water partition coefficient (Wildman–Crippen LogP) is 4.27. The average molecular weight is 450 g/mol. The quantitative estimate of drug-likeness (QED) is 0.501. The zero-order valence-corrected chi connectivity index (χ0v) is 17.5. The molecule has 0 radical (unpaired) electrons. The first kappa shape index (κ1) is 18.8. The van der Waals surface area contributed by atoms with Gasteiger partial charge in [-0.1, -0.05) is 23.2 Å². The molecule has 0 amide bonds. The summed E-state index contributed by atoms with van der Waals surface area (Å²) in [6.07, 6.45) is 5.91. The van der Waals surface area contributed by atoms with E-state index in [2.05, 4.69) is 20.2 Å². The molecule has 2 atom stereocenters. The van der Waals surface area contributed by atoms with Gasteiger partial charge in [-0.05, 0) is 49.4 Å². The fraction of sp³-hybridized carbons (Fsp3) is 0.316. The first-order valence-electron chi connectivity index (χ1n) is 9.27. The van der Waals surface area contributed by atoms with Crippen molar-refractivity contribution in [2.45, 2.75) is 30.1 Å². The lowest BCUT2D eigenvalue weighted by molar-refractivity contribution is 0.550. The third-order valence-electron chi connectivity index (χ3n) is 5.56. The number of halogens is 2. The van der Waals surface area contributed by atoms with Crippen molar-refractivity contribution in [1.82, 2.24) is 24.6 Å². The van der Waals surface area contributed by atoms with Gasteiger partial charge in [-0.3, -0.25) is 4.40 Å². The maximum Gasteiger partial charge on any atom is 0.180 e. The summed E-state index contributed by atoms with van der Waals surface area (Å²) in [5.74, 6) is 1.06. The smallest absolute Gasteiger partial charge is 0.180 e. The largest absolute Gasteiger partial charge is 0.345 e. The standard InChI is InChI=1S/C19H17Cl2N5O2S/c20-13-3-4-14(21)16(8-13)29(27,28)10-11-1-2-12(7-11)19-25-24-17-9-23-18-15(26(17)19)5-6-22-18/h3-6,8-9,11-12,22H,1-2,7,10H2/t11-,12+/m0/s1. The Hall–Kier alpha value is -2.16. The Morgan fingerprint density at radius 2 is 2.03 bits per heavy atom. The van der Waals surface area contributed by atoms with Crippen LogP contribution in [0.3, 0.4) is 0 Å². The molecule has 1 N–H and O–H groups in total. The number of fused-ring (bicyclic) bond motifs is 3. The first-order valence-corrected chi connectivity index (χ1v) is 11.7. The van der Waals surface area contributed by atoms with Crippen molar-refractivity contribution >= 4 is 49.9 Å². The van der Waals surface area contributed by atoms with Gasteiger partial charge in [-0.25, -0.2) is 13.4 Å². The van der Waals surface area contributed by atoms with Crippen LogP contribution in [0.25, 0.3) is 16.8 Å². The highest BCUT2D eigenvalue weighted by atomic mass is 35.5. The monoisotopic (exact) mass is 449 g/mol. The van der Waals surface area contributed by atoms with E-state index in [-0.39, 0.29) is 27.5 Å². The minimum absolute atomic E-state index is 0.0240. The second-order valence-corrected chi connectivity index (χ2v) is 10.3. The van der Waals surface area contributed by atoms with Crippen LogP contribution in [0.1, 0.15) is 31.0 Å². The van der Waals surface area contributed by atoms with E-state index < -0.39 is 9.84 Å². The van der Waals surface area contributed by atoms with Crippen molar-refractivity contribution in [3.05, 3.63) is 52.5 Å². The van der Waals surface area contributed by atoms with Crippen molar-refractivity contribution in [1.29, 1.82) is 0 Å². The lowest BCUT2D eigenvalue weighted by Crippen LogP contribution is -2.15. The number of sulfone groups is 1. The lowest BCUT2D eigenvalue weighted by Gasteiger charge is -2.13. The Bertz CT molecular complexity index is 1330. The summed E-state index contributed by atoms with van der Waals surface area (Å²) in [6.45, 7) is 0. The van der Waals surface area contributed by atoms with Gasteiger partial charge in [0.25, 0.3) is 0 Å². The Balaban J connectivity index is 1.41. The third-order valence-corrected chi connectivity index (χ3v) is 8.15. The van der Waals surface area contributed by atoms with E-state index in [1.54, 1.807) is 12.3 Å². The number of hydrogen-bond acceptors (Lipinski definition) is 5. The molecule has 1 fully saturated rings. The summed E-state index contributed by atoms with van der Waals surface area (Å²) in [6, 6.07) is 6.47. The number of benzene rings is 1. The number of nitrogens with zero attached hydrogens (tertiary/aromatic N) is 4. The molecule has 4 aromatic rings. The highest BCUT2D eigenvalue weighted by molar-refractivity contribution is 7.91. The maximum absolute atomic E-state index is 12.9. The van der Waals surface area contributed by atoms with Crippen LogP contribution in [-0.4, -0.2) is 38.7 Å². The summed E-state index contributed by atoms with van der Waals surface area (Å²) in [4.78, 5) is 7.54. The van der Waals surface area contributed by atoms with Crippen LogP contribution in [0.2, 0.25) is 10.0 Å². The molecule has 150 valence electrons. The van der Waals surface area contributed by atoms with Crippen LogP contribution in [0.4, 0.5) is 0 Å². The number of H-pyrrole nitrogens is 1. The van der Waals surface area contributed by atoms with Gasteiger partial charge < -0.3 is 4.98 Å². The predicted molar refractivity (Wildman–Crippen MR) is 111 cm³/mol. The van der Waals surface area contributed by atoms with Crippen LogP contribution < -0.4 is 0 Å². The van der Waals surface area contributed by atoms with Crippen LogP contribution >= 0.6 is 23.2 Å². The number of rotatable bonds is 4. The van der Waals surface area contributed by atoms with Crippen molar-refractivity contribution in [2.75, 3.05) is 5.75 Å². The molecule has 29 heavy (non-hydrogen) atoms. The molecule has 1 saturated carbocycles. The lowest BCUT2D eigenvalue weighted by atomic mass is 10.1. The minimum atomic E-state index is -3.53. The molecule has 0 unspecified atom stereocenters. The SMILES string of the molecule is O=S(=O)(C[C@H]1CC[C@@H](c2nnc3cnc4[nH]ccc4n23)C1)c1cc(Cl)ccc1Cl. The van der Waals surface area contributed by atoms with Gasteiger partial charge in [0.1, 0.15) is 5.82 Å². The fourth-order valence-corrected chi connectivity index (χ4v) is 6.72. The third kappa shape index (κ3) is 3.29. The second kappa shape index (κ2) is 6.97. The van der Waals surface area contributed by atoms with Gasteiger partial charge in [-0.15, -0.1) is 10.2 Å². The molecule has 1 aromatic carbocycles. The summed E-state index contributed by atoms with van der Waals surface area (Å²) >= 11 is 12.1. The Kier molecular flexibility index (Phi) is 4.53. The average Bonchev–Trinajstić information content (AvgIpc) is 3.40. The summed E-state index contributed by atoms with van der Waals surface area (Å²) in [7, 11) is -3.53. The molecule has 0 saturated heterocycles. The summed E-state index contributed by atoms with van der Waals surface area (Å²) in [5.41, 5.74) is 2.38. The molecule has 5 rings (SSSR count). The van der Waals surface area contributed by atoms with Gasteiger partial charge >= 0.3 is 0 Å². The van der Waals surface area contributed by atoms with E-state index in [9.17, 15) is 8.42 Å². The molecule has 7 nitrogen and oxygen atoms in total. The molecule has 3 aromatic heterocycles. The van der Waals surface area contributed by atoms with E-state index in [4.69, 9.17) is 23.2 Å². The highest BCUT2D eigenvalue weighted by Crippen LogP contribution is 2.40. The zero-order valence-electron chi connectivity index (χ0n) is 15.2. The topological polar surface area (TPSA) is 93.0 Å². The van der Waals surface area contributed by atoms with E-state index in [0.29, 0.717) is 10.7 Å². The molecule has 10 heteroatoms. The van der Waals surface area contributed by atoms with Crippen molar-refractivity contribution in [3.8, 4) is 0 Å². The van der Waals surface area contributed by atoms with Crippen molar-refractivity contribution < 1.29 is 8.42 Å². The molecule has 3 heterocycles.